The first-order valence-electron chi connectivity index (χ1n) is 8.51. The van der Waals surface area contributed by atoms with Gasteiger partial charge < -0.3 is 4.74 Å². The number of nitrogens with zero attached hydrogens (tertiary/aromatic N) is 1. The van der Waals surface area contributed by atoms with Crippen molar-refractivity contribution in [1.82, 2.24) is 4.90 Å². The number of carbonyl (C=O) groups is 1. The van der Waals surface area contributed by atoms with E-state index in [1.807, 2.05) is 11.9 Å². The Kier molecular flexibility index (Phi) is 10.2. The lowest BCUT2D eigenvalue weighted by atomic mass is 10.0. The fraction of sp³-hybridized carbons (Fsp3) is 0.190. The molecule has 0 aliphatic rings. The second-order valence-corrected chi connectivity index (χ2v) is 7.00. The number of hydrogen-bond acceptors (Lipinski definition) is 3. The van der Waals surface area contributed by atoms with Crippen LogP contribution in [0.1, 0.15) is 15.9 Å². The van der Waals surface area contributed by atoms with Gasteiger partial charge in [0.15, 0.2) is 23.2 Å². The van der Waals surface area contributed by atoms with Crippen LogP contribution in [-0.4, -0.2) is 37.4 Å². The van der Waals surface area contributed by atoms with Crippen LogP contribution in [0.3, 0.4) is 0 Å². The van der Waals surface area contributed by atoms with E-state index in [4.69, 9.17) is 4.74 Å². The quantitative estimate of drug-likeness (QED) is 0.188. The van der Waals surface area contributed by atoms with Gasteiger partial charge >= 0.3 is 0 Å². The van der Waals surface area contributed by atoms with Gasteiger partial charge in [-0.25, -0.2) is 8.78 Å². The van der Waals surface area contributed by atoms with Crippen molar-refractivity contribution in [3.63, 3.8) is 0 Å². The Morgan fingerprint density at radius 1 is 1.03 bits per heavy atom. The maximum atomic E-state index is 14.4. The van der Waals surface area contributed by atoms with Gasteiger partial charge in [0.1, 0.15) is 12.2 Å². The average Bonchev–Trinajstić information content (AvgIpc) is 2.69. The van der Waals surface area contributed by atoms with E-state index >= 15 is 0 Å². The van der Waals surface area contributed by atoms with Gasteiger partial charge in [-0.2, -0.15) is 8.78 Å². The third kappa shape index (κ3) is 6.17. The van der Waals surface area contributed by atoms with Crippen molar-refractivity contribution in [3.05, 3.63) is 87.9 Å². The molecule has 0 unspecified atom stereocenters. The summed E-state index contributed by atoms with van der Waals surface area (Å²) < 4.78 is 62.7. The van der Waals surface area contributed by atoms with Crippen LogP contribution in [0.2, 0.25) is 0 Å². The lowest BCUT2D eigenvalue weighted by Gasteiger charge is -2.12. The maximum Gasteiger partial charge on any atom is 0.204 e. The average molecular weight is 509 g/mol. The standard InChI is InChI=1S/C21H18BrF4NO2.ClH/c1-3-10-27(2)11-4-5-12-29-21-18(25)16(23)15(17(24)19(21)26)20(28)13-6-8-14(22)9-7-13;/h3-9H,1,10-12H2,2H3;1H. The number of rotatable bonds is 9. The van der Waals surface area contributed by atoms with E-state index in [9.17, 15) is 22.4 Å². The fourth-order valence-corrected chi connectivity index (χ4v) is 2.70. The smallest absolute Gasteiger partial charge is 0.204 e. The van der Waals surface area contributed by atoms with Gasteiger partial charge in [-0.1, -0.05) is 34.2 Å². The van der Waals surface area contributed by atoms with Gasteiger partial charge in [0, 0.05) is 23.1 Å². The minimum Gasteiger partial charge on any atom is -0.483 e. The van der Waals surface area contributed by atoms with E-state index in [-0.39, 0.29) is 24.6 Å². The highest BCUT2D eigenvalue weighted by Gasteiger charge is 2.30. The predicted octanol–water partition coefficient (Wildman–Crippen LogP) is 5.71. The highest BCUT2D eigenvalue weighted by atomic mass is 79.9. The molecule has 30 heavy (non-hydrogen) atoms. The Morgan fingerprint density at radius 2 is 1.60 bits per heavy atom. The molecule has 2 aromatic carbocycles. The summed E-state index contributed by atoms with van der Waals surface area (Å²) in [6, 6.07) is 5.48. The summed E-state index contributed by atoms with van der Waals surface area (Å²) in [4.78, 5) is 14.2. The number of likely N-dealkylation sites (N-methyl/N-ethyl adjacent to an activating group) is 1. The van der Waals surface area contributed by atoms with Crippen molar-refractivity contribution in [2.75, 3.05) is 26.7 Å². The number of halogens is 6. The normalized spacial score (nSPS) is 10.9. The molecular formula is C21H19BrClF4NO2. The zero-order chi connectivity index (χ0) is 21.6. The molecule has 2 rings (SSSR count). The molecule has 0 saturated heterocycles. The Labute approximate surface area is 186 Å². The topological polar surface area (TPSA) is 29.5 Å². The molecule has 0 amide bonds. The molecule has 3 nitrogen and oxygen atoms in total. The summed E-state index contributed by atoms with van der Waals surface area (Å²) in [5, 5.41) is 0. The Bertz CT molecular complexity index is 907. The first-order chi connectivity index (χ1) is 13.8. The largest absolute Gasteiger partial charge is 0.483 e. The van der Waals surface area contributed by atoms with E-state index in [2.05, 4.69) is 22.5 Å². The zero-order valence-corrected chi connectivity index (χ0v) is 18.3. The molecule has 0 radical (unpaired) electrons. The molecule has 0 spiro atoms. The van der Waals surface area contributed by atoms with Crippen molar-refractivity contribution in [1.29, 1.82) is 0 Å². The summed E-state index contributed by atoms with van der Waals surface area (Å²) in [5.41, 5.74) is -1.43. The number of ketones is 1. The van der Waals surface area contributed by atoms with Crippen molar-refractivity contribution < 1.29 is 27.1 Å². The van der Waals surface area contributed by atoms with E-state index in [1.165, 1.54) is 30.3 Å². The first kappa shape index (κ1) is 25.9. The molecule has 0 aliphatic heterocycles. The van der Waals surface area contributed by atoms with Crippen LogP contribution in [0.25, 0.3) is 0 Å². The van der Waals surface area contributed by atoms with Crippen LogP contribution in [0, 0.1) is 23.3 Å². The third-order valence-corrected chi connectivity index (χ3v) is 4.43. The minimum atomic E-state index is -1.80. The molecule has 0 atom stereocenters. The molecular weight excluding hydrogens is 490 g/mol. The molecule has 0 saturated carbocycles. The molecule has 9 heteroatoms. The predicted molar refractivity (Wildman–Crippen MR) is 113 cm³/mol. The lowest BCUT2D eigenvalue weighted by Crippen LogP contribution is -2.18. The summed E-state index contributed by atoms with van der Waals surface area (Å²) in [6.07, 6.45) is 4.82. The van der Waals surface area contributed by atoms with Crippen LogP contribution in [-0.2, 0) is 0 Å². The van der Waals surface area contributed by atoms with Crippen LogP contribution in [0.15, 0.2) is 53.5 Å². The fourth-order valence-electron chi connectivity index (χ4n) is 2.43. The van der Waals surface area contributed by atoms with Gasteiger partial charge in [0.05, 0.1) is 0 Å². The molecule has 0 fully saturated rings. The molecule has 162 valence electrons. The number of hydrogen-bond donors (Lipinski definition) is 0. The molecule has 0 N–H and O–H groups in total. The van der Waals surface area contributed by atoms with E-state index in [0.717, 1.165) is 0 Å². The molecule has 2 aromatic rings. The highest BCUT2D eigenvalue weighted by molar-refractivity contribution is 9.10. The Balaban J connectivity index is 0.00000450. The number of ether oxygens (including phenoxy) is 1. The summed E-state index contributed by atoms with van der Waals surface area (Å²) in [7, 11) is 1.83. The molecule has 0 heterocycles. The summed E-state index contributed by atoms with van der Waals surface area (Å²) in [5.74, 6) is -9.52. The lowest BCUT2D eigenvalue weighted by molar-refractivity contribution is 0.102. The second-order valence-electron chi connectivity index (χ2n) is 6.09. The van der Waals surface area contributed by atoms with Gasteiger partial charge in [-0.15, -0.1) is 19.0 Å². The SMILES string of the molecule is C=CCN(C)CC=CCOc1c(F)c(F)c(C(=O)c2ccc(Br)cc2)c(F)c1F.Cl. The highest BCUT2D eigenvalue weighted by Crippen LogP contribution is 2.31. The van der Waals surface area contributed by atoms with Crippen LogP contribution in [0.5, 0.6) is 5.75 Å². The maximum absolute atomic E-state index is 14.4. The van der Waals surface area contributed by atoms with E-state index in [1.54, 1.807) is 12.2 Å². The van der Waals surface area contributed by atoms with Crippen molar-refractivity contribution in [3.8, 4) is 5.75 Å². The van der Waals surface area contributed by atoms with Gasteiger partial charge in [-0.05, 0) is 31.3 Å². The van der Waals surface area contributed by atoms with Gasteiger partial charge in [0.25, 0.3) is 0 Å². The number of benzene rings is 2. The van der Waals surface area contributed by atoms with Crippen molar-refractivity contribution >= 4 is 34.1 Å². The van der Waals surface area contributed by atoms with Crippen molar-refractivity contribution in [2.45, 2.75) is 0 Å². The van der Waals surface area contributed by atoms with Gasteiger partial charge in [-0.3, -0.25) is 9.69 Å². The number of carbonyl (C=O) groups excluding carboxylic acids is 1. The Hall–Kier alpha value is -2.16. The van der Waals surface area contributed by atoms with E-state index < -0.39 is 40.4 Å². The first-order valence-corrected chi connectivity index (χ1v) is 9.30. The van der Waals surface area contributed by atoms with Crippen molar-refractivity contribution in [2.24, 2.45) is 0 Å². The Morgan fingerprint density at radius 3 is 2.13 bits per heavy atom. The van der Waals surface area contributed by atoms with Crippen LogP contribution in [0.4, 0.5) is 17.6 Å². The summed E-state index contributed by atoms with van der Waals surface area (Å²) >= 11 is 3.15. The monoisotopic (exact) mass is 507 g/mol. The zero-order valence-electron chi connectivity index (χ0n) is 15.9. The van der Waals surface area contributed by atoms with Crippen LogP contribution < -0.4 is 4.74 Å². The molecule has 0 bridgehead atoms. The van der Waals surface area contributed by atoms with Gasteiger partial charge in [0.2, 0.25) is 11.6 Å². The summed E-state index contributed by atoms with van der Waals surface area (Å²) in [6.45, 7) is 4.44. The third-order valence-electron chi connectivity index (χ3n) is 3.90. The second kappa shape index (κ2) is 11.9. The molecule has 0 aliphatic carbocycles. The minimum absolute atomic E-state index is 0. The van der Waals surface area contributed by atoms with E-state index in [0.29, 0.717) is 17.6 Å². The molecule has 0 aromatic heterocycles. The van der Waals surface area contributed by atoms with Crippen LogP contribution >= 0.6 is 28.3 Å².